The highest BCUT2D eigenvalue weighted by molar-refractivity contribution is 6.35. The number of halogens is 1. The highest BCUT2D eigenvalue weighted by atomic mass is 35.5. The van der Waals surface area contributed by atoms with Crippen LogP contribution in [0.1, 0.15) is 24.1 Å². The van der Waals surface area contributed by atoms with Gasteiger partial charge in [0.05, 0.1) is 16.7 Å². The van der Waals surface area contributed by atoms with Gasteiger partial charge in [0, 0.05) is 17.5 Å². The molecule has 0 bridgehead atoms. The van der Waals surface area contributed by atoms with Crippen LogP contribution in [0.2, 0.25) is 5.02 Å². The molecule has 0 fully saturated rings. The number of aromatic amines is 1. The molecule has 0 radical (unpaired) electrons. The zero-order valence-electron chi connectivity index (χ0n) is 10.9. The Morgan fingerprint density at radius 1 is 1.25 bits per heavy atom. The van der Waals surface area contributed by atoms with Crippen LogP contribution >= 0.6 is 11.6 Å². The molecule has 2 heterocycles. The summed E-state index contributed by atoms with van der Waals surface area (Å²) in [6.45, 7) is 2.06. The number of aromatic nitrogens is 3. The van der Waals surface area contributed by atoms with Gasteiger partial charge in [0.1, 0.15) is 5.69 Å². The molecule has 3 aromatic rings. The van der Waals surface area contributed by atoms with E-state index in [-0.39, 0.29) is 5.92 Å². The van der Waals surface area contributed by atoms with E-state index >= 15 is 0 Å². The van der Waals surface area contributed by atoms with E-state index < -0.39 is 0 Å². The van der Waals surface area contributed by atoms with Crippen molar-refractivity contribution in [1.29, 1.82) is 0 Å². The van der Waals surface area contributed by atoms with E-state index in [0.29, 0.717) is 5.02 Å². The third-order valence-corrected chi connectivity index (χ3v) is 3.46. The number of nitrogens with zero attached hydrogens (tertiary/aromatic N) is 2. The first-order chi connectivity index (χ1) is 9.75. The number of H-pyrrole nitrogens is 1. The summed E-state index contributed by atoms with van der Waals surface area (Å²) in [5.74, 6) is 6.39. The summed E-state index contributed by atoms with van der Waals surface area (Å²) in [6, 6.07) is 9.57. The first-order valence-corrected chi connectivity index (χ1v) is 6.67. The van der Waals surface area contributed by atoms with E-state index in [4.69, 9.17) is 11.6 Å². The molecule has 0 aliphatic carbocycles. The average molecular weight is 282 g/mol. The zero-order chi connectivity index (χ0) is 13.9. The fourth-order valence-corrected chi connectivity index (χ4v) is 2.30. The topological polar surface area (TPSA) is 41.6 Å². The number of hydrogen-bond donors (Lipinski definition) is 1. The van der Waals surface area contributed by atoms with Crippen LogP contribution in [0.4, 0.5) is 0 Å². The smallest absolute Gasteiger partial charge is 0.113 e. The molecule has 3 nitrogen and oxygen atoms in total. The van der Waals surface area contributed by atoms with Crippen molar-refractivity contribution in [2.45, 2.75) is 12.8 Å². The van der Waals surface area contributed by atoms with Gasteiger partial charge in [0.2, 0.25) is 0 Å². The minimum atomic E-state index is 0.0781. The maximum absolute atomic E-state index is 6.13. The Kier molecular flexibility index (Phi) is 3.41. The van der Waals surface area contributed by atoms with Crippen LogP contribution in [-0.2, 0) is 0 Å². The number of fused-ring (bicyclic) bond motifs is 1. The minimum Gasteiger partial charge on any atom is -0.276 e. The van der Waals surface area contributed by atoms with E-state index in [1.807, 2.05) is 30.3 Å². The van der Waals surface area contributed by atoms with Crippen molar-refractivity contribution in [3.63, 3.8) is 0 Å². The first-order valence-electron chi connectivity index (χ1n) is 6.30. The van der Waals surface area contributed by atoms with Gasteiger partial charge in [-0.05, 0) is 36.6 Å². The minimum absolute atomic E-state index is 0.0781. The second-order valence-electron chi connectivity index (χ2n) is 4.50. The van der Waals surface area contributed by atoms with Crippen LogP contribution in [0, 0.1) is 11.8 Å². The van der Waals surface area contributed by atoms with Gasteiger partial charge in [-0.25, -0.2) is 4.98 Å². The predicted octanol–water partition coefficient (Wildman–Crippen LogP) is 3.77. The Balaban J connectivity index is 1.98. The molecule has 0 saturated carbocycles. The number of nitrogens with one attached hydrogen (secondary N) is 1. The maximum atomic E-state index is 6.13. The molecule has 2 aromatic heterocycles. The van der Waals surface area contributed by atoms with Crippen LogP contribution in [0.3, 0.4) is 0 Å². The summed E-state index contributed by atoms with van der Waals surface area (Å²) in [5.41, 5.74) is 2.74. The Labute approximate surface area is 122 Å². The fourth-order valence-electron chi connectivity index (χ4n) is 2.10. The van der Waals surface area contributed by atoms with Gasteiger partial charge in [-0.2, -0.15) is 5.10 Å². The van der Waals surface area contributed by atoms with Gasteiger partial charge in [-0.15, -0.1) is 0 Å². The van der Waals surface area contributed by atoms with Gasteiger partial charge >= 0.3 is 0 Å². The van der Waals surface area contributed by atoms with Crippen LogP contribution in [0.25, 0.3) is 10.9 Å². The summed E-state index contributed by atoms with van der Waals surface area (Å²) in [6.07, 6.45) is 3.53. The van der Waals surface area contributed by atoms with Crippen LogP contribution in [-0.4, -0.2) is 15.2 Å². The van der Waals surface area contributed by atoms with Gasteiger partial charge in [-0.3, -0.25) is 5.10 Å². The standard InChI is InChI=1S/C16H12ClN3/c1-11(5-6-12-4-2-3-9-18-12)13-7-8-15(17)16-14(13)10-19-20-16/h2-4,7-11H,1H3,(H,19,20). The molecule has 4 heteroatoms. The predicted molar refractivity (Wildman–Crippen MR) is 80.6 cm³/mol. The van der Waals surface area contributed by atoms with Crippen LogP contribution < -0.4 is 0 Å². The Morgan fingerprint density at radius 2 is 2.15 bits per heavy atom. The average Bonchev–Trinajstić information content (AvgIpc) is 2.96. The molecule has 1 N–H and O–H groups in total. The summed E-state index contributed by atoms with van der Waals surface area (Å²) in [5, 5.41) is 8.65. The molecule has 1 unspecified atom stereocenters. The van der Waals surface area contributed by atoms with E-state index in [0.717, 1.165) is 22.2 Å². The summed E-state index contributed by atoms with van der Waals surface area (Å²) in [7, 11) is 0. The SMILES string of the molecule is CC(C#Cc1ccccn1)c1ccc(Cl)c2[nH]ncc12. The van der Waals surface area contributed by atoms with Gasteiger partial charge in [0.15, 0.2) is 0 Å². The van der Waals surface area contributed by atoms with Crippen molar-refractivity contribution >= 4 is 22.5 Å². The fraction of sp³-hybridized carbons (Fsp3) is 0.125. The Morgan fingerprint density at radius 3 is 2.95 bits per heavy atom. The zero-order valence-corrected chi connectivity index (χ0v) is 11.6. The van der Waals surface area contributed by atoms with Crippen molar-refractivity contribution in [1.82, 2.24) is 15.2 Å². The molecule has 0 amide bonds. The van der Waals surface area contributed by atoms with Crippen molar-refractivity contribution in [3.8, 4) is 11.8 Å². The lowest BCUT2D eigenvalue weighted by Gasteiger charge is -2.06. The third kappa shape index (κ3) is 2.38. The summed E-state index contributed by atoms with van der Waals surface area (Å²) >= 11 is 6.13. The molecule has 1 aromatic carbocycles. The molecule has 1 atom stereocenters. The lowest BCUT2D eigenvalue weighted by molar-refractivity contribution is 1.02. The Hall–Kier alpha value is -2.31. The van der Waals surface area contributed by atoms with Crippen LogP contribution in [0.5, 0.6) is 0 Å². The van der Waals surface area contributed by atoms with E-state index in [1.54, 1.807) is 12.4 Å². The molecule has 20 heavy (non-hydrogen) atoms. The van der Waals surface area contributed by atoms with Crippen molar-refractivity contribution in [2.75, 3.05) is 0 Å². The number of benzene rings is 1. The van der Waals surface area contributed by atoms with Crippen molar-refractivity contribution < 1.29 is 0 Å². The summed E-state index contributed by atoms with van der Waals surface area (Å²) in [4.78, 5) is 4.20. The monoisotopic (exact) mass is 281 g/mol. The molecule has 3 rings (SSSR count). The second kappa shape index (κ2) is 5.36. The molecule has 0 aliphatic heterocycles. The highest BCUT2D eigenvalue weighted by Crippen LogP contribution is 2.28. The normalized spacial score (nSPS) is 11.9. The maximum Gasteiger partial charge on any atom is 0.113 e. The highest BCUT2D eigenvalue weighted by Gasteiger charge is 2.10. The molecule has 0 aliphatic rings. The lowest BCUT2D eigenvalue weighted by atomic mass is 9.98. The molecular weight excluding hydrogens is 270 g/mol. The van der Waals surface area contributed by atoms with E-state index in [2.05, 4.69) is 33.9 Å². The lowest BCUT2D eigenvalue weighted by Crippen LogP contribution is -1.91. The molecule has 0 spiro atoms. The van der Waals surface area contributed by atoms with Crippen molar-refractivity contribution in [2.24, 2.45) is 0 Å². The van der Waals surface area contributed by atoms with Crippen LogP contribution in [0.15, 0.2) is 42.7 Å². The Bertz CT molecular complexity index is 797. The second-order valence-corrected chi connectivity index (χ2v) is 4.91. The van der Waals surface area contributed by atoms with Gasteiger partial charge in [-0.1, -0.05) is 29.7 Å². The number of pyridine rings is 1. The quantitative estimate of drug-likeness (QED) is 0.690. The summed E-state index contributed by atoms with van der Waals surface area (Å²) < 4.78 is 0. The van der Waals surface area contributed by atoms with Gasteiger partial charge in [0.25, 0.3) is 0 Å². The van der Waals surface area contributed by atoms with E-state index in [9.17, 15) is 0 Å². The van der Waals surface area contributed by atoms with Crippen molar-refractivity contribution in [3.05, 3.63) is 59.0 Å². The van der Waals surface area contributed by atoms with E-state index in [1.165, 1.54) is 0 Å². The van der Waals surface area contributed by atoms with Gasteiger partial charge < -0.3 is 0 Å². The molecular formula is C16H12ClN3. The number of rotatable bonds is 1. The first kappa shape index (κ1) is 12.7. The number of hydrogen-bond acceptors (Lipinski definition) is 2. The third-order valence-electron chi connectivity index (χ3n) is 3.15. The molecule has 98 valence electrons. The largest absolute Gasteiger partial charge is 0.276 e. The molecule has 0 saturated heterocycles.